The Balaban J connectivity index is 2.08. The smallest absolute Gasteiger partial charge is 0.190 e. The summed E-state index contributed by atoms with van der Waals surface area (Å²) in [5, 5.41) is 10.1. The van der Waals surface area contributed by atoms with Gasteiger partial charge in [0.15, 0.2) is 17.4 Å². The number of likely N-dealkylation sites (tertiary alicyclic amines) is 1. The molecule has 0 saturated carbocycles. The predicted octanol–water partition coefficient (Wildman–Crippen LogP) is 2.57. The number of hydrogen-bond donors (Lipinski definition) is 1. The molecule has 1 heterocycles. The molecular formula is C15H21F2NO2. The molecule has 1 aliphatic rings. The third kappa shape index (κ3) is 3.10. The maximum absolute atomic E-state index is 13.6. The number of methoxy groups -OCH3 is 1. The molecule has 20 heavy (non-hydrogen) atoms. The summed E-state index contributed by atoms with van der Waals surface area (Å²) in [6.45, 7) is 5.72. The molecule has 0 unspecified atom stereocenters. The van der Waals surface area contributed by atoms with Crippen molar-refractivity contribution in [3.05, 3.63) is 29.3 Å². The van der Waals surface area contributed by atoms with Crippen molar-refractivity contribution in [3.63, 3.8) is 0 Å². The second kappa shape index (κ2) is 5.66. The van der Waals surface area contributed by atoms with Gasteiger partial charge in [0.05, 0.1) is 12.7 Å². The van der Waals surface area contributed by atoms with Crippen molar-refractivity contribution in [1.82, 2.24) is 4.90 Å². The predicted molar refractivity (Wildman–Crippen MR) is 72.6 cm³/mol. The van der Waals surface area contributed by atoms with Gasteiger partial charge in [0.25, 0.3) is 0 Å². The minimum atomic E-state index is -0.681. The van der Waals surface area contributed by atoms with E-state index in [0.29, 0.717) is 31.6 Å². The van der Waals surface area contributed by atoms with Gasteiger partial charge in [0.2, 0.25) is 0 Å². The van der Waals surface area contributed by atoms with E-state index in [2.05, 4.69) is 9.64 Å². The summed E-state index contributed by atoms with van der Waals surface area (Å²) in [5.74, 6) is -1.58. The van der Waals surface area contributed by atoms with Crippen LogP contribution in [0.4, 0.5) is 8.78 Å². The van der Waals surface area contributed by atoms with Gasteiger partial charge in [-0.2, -0.15) is 0 Å². The summed E-state index contributed by atoms with van der Waals surface area (Å²) >= 11 is 0. The first kappa shape index (κ1) is 15.2. The lowest BCUT2D eigenvalue weighted by Crippen LogP contribution is -2.48. The number of nitrogens with zero attached hydrogens (tertiary/aromatic N) is 1. The Bertz CT molecular complexity index is 468. The van der Waals surface area contributed by atoms with Crippen LogP contribution in [0.2, 0.25) is 0 Å². The Morgan fingerprint density at radius 3 is 2.50 bits per heavy atom. The third-order valence-electron chi connectivity index (χ3n) is 4.20. The highest BCUT2D eigenvalue weighted by Gasteiger charge is 2.34. The van der Waals surface area contributed by atoms with Crippen molar-refractivity contribution in [2.24, 2.45) is 5.92 Å². The van der Waals surface area contributed by atoms with E-state index in [1.807, 2.05) is 13.8 Å². The normalized spacial score (nSPS) is 27.6. The van der Waals surface area contributed by atoms with E-state index in [0.717, 1.165) is 0 Å². The maximum Gasteiger partial charge on any atom is 0.190 e. The summed E-state index contributed by atoms with van der Waals surface area (Å²) in [6.07, 6.45) is 0.662. The summed E-state index contributed by atoms with van der Waals surface area (Å²) < 4.78 is 32.0. The number of ether oxygens (including phenoxy) is 1. The van der Waals surface area contributed by atoms with E-state index in [9.17, 15) is 13.9 Å². The molecule has 112 valence electrons. The Morgan fingerprint density at radius 2 is 2.00 bits per heavy atom. The number of piperidine rings is 1. The summed E-state index contributed by atoms with van der Waals surface area (Å²) in [7, 11) is 1.25. The Hall–Kier alpha value is -1.20. The fourth-order valence-electron chi connectivity index (χ4n) is 2.61. The van der Waals surface area contributed by atoms with Crippen molar-refractivity contribution in [2.75, 3.05) is 20.2 Å². The zero-order valence-electron chi connectivity index (χ0n) is 12.1. The standard InChI is InChI=1S/C15H21F2NO2/c1-10-8-18(5-4-15(10,2)19)9-11-6-12(16)14(20-3)13(17)7-11/h6-7,10,19H,4-5,8-9H2,1-3H3/t10-,15+/m1/s1. The van der Waals surface area contributed by atoms with Gasteiger partial charge in [-0.25, -0.2) is 8.78 Å². The average Bonchev–Trinajstić information content (AvgIpc) is 2.34. The zero-order valence-corrected chi connectivity index (χ0v) is 12.1. The number of rotatable bonds is 3. The van der Waals surface area contributed by atoms with Crippen LogP contribution in [0.5, 0.6) is 5.75 Å². The van der Waals surface area contributed by atoms with E-state index >= 15 is 0 Å². The van der Waals surface area contributed by atoms with E-state index < -0.39 is 17.2 Å². The number of benzene rings is 1. The molecule has 0 aromatic heterocycles. The monoisotopic (exact) mass is 285 g/mol. The highest BCUT2D eigenvalue weighted by molar-refractivity contribution is 5.31. The molecule has 1 aromatic rings. The van der Waals surface area contributed by atoms with Crippen molar-refractivity contribution >= 4 is 0 Å². The lowest BCUT2D eigenvalue weighted by Gasteiger charge is -2.41. The zero-order chi connectivity index (χ0) is 14.9. The molecule has 1 fully saturated rings. The molecule has 0 radical (unpaired) electrons. The molecule has 1 aliphatic heterocycles. The van der Waals surface area contributed by atoms with Gasteiger partial charge in [0.1, 0.15) is 0 Å². The van der Waals surface area contributed by atoms with Crippen molar-refractivity contribution in [1.29, 1.82) is 0 Å². The summed E-state index contributed by atoms with van der Waals surface area (Å²) in [6, 6.07) is 2.61. The first-order valence-corrected chi connectivity index (χ1v) is 6.80. The SMILES string of the molecule is COc1c(F)cc(CN2CC[C@](C)(O)[C@H](C)C2)cc1F. The summed E-state index contributed by atoms with van der Waals surface area (Å²) in [4.78, 5) is 2.10. The molecule has 1 saturated heterocycles. The van der Waals surface area contributed by atoms with Crippen LogP contribution in [0, 0.1) is 17.6 Å². The molecule has 3 nitrogen and oxygen atoms in total. The van der Waals surface area contributed by atoms with Crippen molar-refractivity contribution in [2.45, 2.75) is 32.4 Å². The summed E-state index contributed by atoms with van der Waals surface area (Å²) in [5.41, 5.74) is -0.0815. The Kier molecular flexibility index (Phi) is 4.30. The molecule has 0 amide bonds. The lowest BCUT2D eigenvalue weighted by molar-refractivity contribution is -0.0524. The fourth-order valence-corrected chi connectivity index (χ4v) is 2.61. The third-order valence-corrected chi connectivity index (χ3v) is 4.20. The number of aliphatic hydroxyl groups is 1. The average molecular weight is 285 g/mol. The molecular weight excluding hydrogens is 264 g/mol. The Morgan fingerprint density at radius 1 is 1.40 bits per heavy atom. The second-order valence-electron chi connectivity index (χ2n) is 5.84. The van der Waals surface area contributed by atoms with E-state index in [4.69, 9.17) is 0 Å². The topological polar surface area (TPSA) is 32.7 Å². The van der Waals surface area contributed by atoms with Gasteiger partial charge in [-0.1, -0.05) is 6.92 Å². The minimum Gasteiger partial charge on any atom is -0.491 e. The largest absolute Gasteiger partial charge is 0.491 e. The highest BCUT2D eigenvalue weighted by atomic mass is 19.1. The molecule has 2 rings (SSSR count). The first-order valence-electron chi connectivity index (χ1n) is 6.80. The van der Waals surface area contributed by atoms with Gasteiger partial charge < -0.3 is 9.84 Å². The lowest BCUT2D eigenvalue weighted by atomic mass is 9.84. The van der Waals surface area contributed by atoms with Gasteiger partial charge in [-0.05, 0) is 37.0 Å². The highest BCUT2D eigenvalue weighted by Crippen LogP contribution is 2.29. The molecule has 0 aliphatic carbocycles. The Labute approximate surface area is 118 Å². The van der Waals surface area contributed by atoms with Crippen LogP contribution in [-0.2, 0) is 6.54 Å². The van der Waals surface area contributed by atoms with Gasteiger partial charge >= 0.3 is 0 Å². The minimum absolute atomic E-state index is 0.129. The first-order chi connectivity index (χ1) is 9.33. The fraction of sp³-hybridized carbons (Fsp3) is 0.600. The van der Waals surface area contributed by atoms with Gasteiger partial charge in [-0.3, -0.25) is 4.90 Å². The van der Waals surface area contributed by atoms with Crippen molar-refractivity contribution in [3.8, 4) is 5.75 Å². The molecule has 5 heteroatoms. The maximum atomic E-state index is 13.6. The number of hydrogen-bond acceptors (Lipinski definition) is 3. The van der Waals surface area contributed by atoms with Crippen LogP contribution in [0.15, 0.2) is 12.1 Å². The van der Waals surface area contributed by atoms with Crippen LogP contribution < -0.4 is 4.74 Å². The van der Waals surface area contributed by atoms with Crippen LogP contribution in [-0.4, -0.2) is 35.8 Å². The van der Waals surface area contributed by atoms with Crippen LogP contribution in [0.1, 0.15) is 25.8 Å². The van der Waals surface area contributed by atoms with Gasteiger partial charge in [0, 0.05) is 19.6 Å². The molecule has 0 spiro atoms. The molecule has 2 atom stereocenters. The molecule has 0 bridgehead atoms. The van der Waals surface area contributed by atoms with E-state index in [-0.39, 0.29) is 11.7 Å². The van der Waals surface area contributed by atoms with Crippen molar-refractivity contribution < 1.29 is 18.6 Å². The van der Waals surface area contributed by atoms with E-state index in [1.54, 1.807) is 0 Å². The number of halogens is 2. The second-order valence-corrected chi connectivity index (χ2v) is 5.84. The quantitative estimate of drug-likeness (QED) is 0.926. The van der Waals surface area contributed by atoms with Crippen LogP contribution in [0.3, 0.4) is 0 Å². The van der Waals surface area contributed by atoms with Crippen LogP contribution >= 0.6 is 0 Å². The van der Waals surface area contributed by atoms with E-state index in [1.165, 1.54) is 19.2 Å². The molecule has 1 N–H and O–H groups in total. The van der Waals surface area contributed by atoms with Crippen LogP contribution in [0.25, 0.3) is 0 Å². The molecule has 1 aromatic carbocycles. The van der Waals surface area contributed by atoms with Gasteiger partial charge in [-0.15, -0.1) is 0 Å².